The summed E-state index contributed by atoms with van der Waals surface area (Å²) < 4.78 is 1.62. The van der Waals surface area contributed by atoms with Crippen LogP contribution in [0.3, 0.4) is 0 Å². The van der Waals surface area contributed by atoms with E-state index in [-0.39, 0.29) is 17.4 Å². The molecule has 0 bridgehead atoms. The second kappa shape index (κ2) is 9.69. The van der Waals surface area contributed by atoms with Gasteiger partial charge in [-0.25, -0.2) is 9.48 Å². The normalized spacial score (nSPS) is 18.3. The van der Waals surface area contributed by atoms with Gasteiger partial charge in [0.15, 0.2) is 6.29 Å². The van der Waals surface area contributed by atoms with Gasteiger partial charge in [0.25, 0.3) is 0 Å². The minimum absolute atomic E-state index is 0.0335. The molecule has 1 aliphatic rings. The van der Waals surface area contributed by atoms with E-state index in [1.165, 1.54) is 5.56 Å². The van der Waals surface area contributed by atoms with Gasteiger partial charge in [-0.1, -0.05) is 70.2 Å². The lowest BCUT2D eigenvalue weighted by molar-refractivity contribution is -0.125. The fraction of sp³-hybridized carbons (Fsp3) is 0.346. The van der Waals surface area contributed by atoms with E-state index in [1.54, 1.807) is 10.7 Å². The van der Waals surface area contributed by atoms with Gasteiger partial charge in [-0.2, -0.15) is 5.10 Å². The van der Waals surface area contributed by atoms with Gasteiger partial charge in [0.05, 0.1) is 5.69 Å². The summed E-state index contributed by atoms with van der Waals surface area (Å²) in [5.74, 6) is 0.416. The second-order valence-electron chi connectivity index (χ2n) is 9.58. The van der Waals surface area contributed by atoms with E-state index in [0.717, 1.165) is 12.0 Å². The first-order valence-corrected chi connectivity index (χ1v) is 11.6. The molecule has 2 aromatic carbocycles. The molecule has 3 aromatic rings. The molecule has 8 nitrogen and oxygen atoms in total. The highest BCUT2D eigenvalue weighted by Gasteiger charge is 2.28. The average molecular weight is 461 g/mol. The van der Waals surface area contributed by atoms with Crippen molar-refractivity contribution in [1.29, 1.82) is 0 Å². The van der Waals surface area contributed by atoms with Crippen molar-refractivity contribution in [1.82, 2.24) is 20.4 Å². The number of hydrogen-bond acceptors (Lipinski definition) is 4. The summed E-state index contributed by atoms with van der Waals surface area (Å²) in [5, 5.41) is 16.8. The number of urea groups is 1. The van der Waals surface area contributed by atoms with Crippen molar-refractivity contribution in [3.8, 4) is 11.3 Å². The second-order valence-corrected chi connectivity index (χ2v) is 9.58. The first kappa shape index (κ1) is 23.5. The van der Waals surface area contributed by atoms with Gasteiger partial charge in [-0.3, -0.25) is 15.4 Å². The maximum Gasteiger partial charge on any atom is 0.324 e. The van der Waals surface area contributed by atoms with Crippen LogP contribution in [0.2, 0.25) is 0 Å². The third-order valence-electron chi connectivity index (χ3n) is 5.92. The topological polar surface area (TPSA) is 100 Å². The number of nitrogens with one attached hydrogen (secondary N) is 4. The zero-order chi connectivity index (χ0) is 24.3. The average Bonchev–Trinajstić information content (AvgIpc) is 3.22. The van der Waals surface area contributed by atoms with Crippen molar-refractivity contribution in [3.05, 3.63) is 66.2 Å². The fourth-order valence-corrected chi connectivity index (χ4v) is 3.92. The summed E-state index contributed by atoms with van der Waals surface area (Å²) in [5.41, 5.74) is 3.52. The van der Waals surface area contributed by atoms with E-state index >= 15 is 0 Å². The van der Waals surface area contributed by atoms with Crippen molar-refractivity contribution < 1.29 is 9.59 Å². The molecular weight excluding hydrogens is 428 g/mol. The highest BCUT2D eigenvalue weighted by atomic mass is 16.2. The number of hydrogen-bond donors (Lipinski definition) is 4. The molecule has 4 rings (SSSR count). The maximum atomic E-state index is 12.9. The molecule has 0 spiro atoms. The summed E-state index contributed by atoms with van der Waals surface area (Å²) in [7, 11) is 0. The van der Waals surface area contributed by atoms with Crippen LogP contribution in [0.4, 0.5) is 16.3 Å². The van der Waals surface area contributed by atoms with Crippen molar-refractivity contribution in [2.75, 3.05) is 10.6 Å². The van der Waals surface area contributed by atoms with Crippen molar-refractivity contribution >= 4 is 23.4 Å². The number of nitrogens with zero attached hydrogens (tertiary/aromatic N) is 2. The molecular formula is C26H32N6O2. The van der Waals surface area contributed by atoms with E-state index in [9.17, 15) is 9.59 Å². The minimum atomic E-state index is -0.565. The van der Waals surface area contributed by atoms with Gasteiger partial charge in [-0.15, -0.1) is 0 Å². The number of benzene rings is 2. The lowest BCUT2D eigenvalue weighted by atomic mass is 9.87. The summed E-state index contributed by atoms with van der Waals surface area (Å²) in [6, 6.07) is 19.0. The highest BCUT2D eigenvalue weighted by molar-refractivity contribution is 5.99. The van der Waals surface area contributed by atoms with E-state index in [4.69, 9.17) is 5.10 Å². The molecule has 1 saturated heterocycles. The lowest BCUT2D eigenvalue weighted by Gasteiger charge is -2.31. The number of amides is 3. The van der Waals surface area contributed by atoms with Crippen molar-refractivity contribution in [2.24, 2.45) is 0 Å². The molecule has 3 amide bonds. The monoisotopic (exact) mass is 460 g/mol. The van der Waals surface area contributed by atoms with Crippen LogP contribution in [-0.4, -0.2) is 27.8 Å². The summed E-state index contributed by atoms with van der Waals surface area (Å²) in [4.78, 5) is 25.1. The van der Waals surface area contributed by atoms with E-state index in [0.29, 0.717) is 23.6 Å². The summed E-state index contributed by atoms with van der Waals surface area (Å²) in [6.45, 7) is 8.47. The Hall–Kier alpha value is -3.65. The number of rotatable bonds is 5. The van der Waals surface area contributed by atoms with Crippen molar-refractivity contribution in [3.63, 3.8) is 0 Å². The first-order chi connectivity index (χ1) is 16.2. The van der Waals surface area contributed by atoms with Gasteiger partial charge in [-0.05, 0) is 29.5 Å². The molecule has 8 heteroatoms. The molecule has 0 radical (unpaired) electrons. The number of carbonyl (C=O) groups is 2. The Labute approximate surface area is 200 Å². The molecule has 1 aliphatic heterocycles. The predicted octanol–water partition coefficient (Wildman–Crippen LogP) is 4.84. The Bertz CT molecular complexity index is 1150. The molecule has 34 heavy (non-hydrogen) atoms. The van der Waals surface area contributed by atoms with E-state index in [2.05, 4.69) is 42.0 Å². The summed E-state index contributed by atoms with van der Waals surface area (Å²) >= 11 is 0. The Morgan fingerprint density at radius 2 is 1.79 bits per heavy atom. The van der Waals surface area contributed by atoms with Crippen LogP contribution in [-0.2, 0) is 10.2 Å². The molecule has 2 atom stereocenters. The largest absolute Gasteiger partial charge is 0.324 e. The van der Waals surface area contributed by atoms with Crippen LogP contribution >= 0.6 is 0 Å². The molecule has 0 aliphatic carbocycles. The predicted molar refractivity (Wildman–Crippen MR) is 134 cm³/mol. The molecule has 178 valence electrons. The Balaban J connectivity index is 1.57. The third kappa shape index (κ3) is 5.46. The number of carbonyl (C=O) groups excluding carboxylic acids is 2. The molecule has 1 fully saturated rings. The van der Waals surface area contributed by atoms with Gasteiger partial charge in [0.1, 0.15) is 5.82 Å². The van der Waals surface area contributed by atoms with Crippen LogP contribution in [0.15, 0.2) is 60.7 Å². The smallest absolute Gasteiger partial charge is 0.322 e. The zero-order valence-corrected chi connectivity index (χ0v) is 20.1. The minimum Gasteiger partial charge on any atom is -0.322 e. The molecule has 4 N–H and O–H groups in total. The van der Waals surface area contributed by atoms with Gasteiger partial charge >= 0.3 is 6.03 Å². The quantitative estimate of drug-likeness (QED) is 0.438. The third-order valence-corrected chi connectivity index (χ3v) is 5.92. The SMILES string of the molecule is CCC1CC(=O)NC(n2nc(-c3ccccc3)cc2NC(=O)Nc2ccc(C(C)(C)C)cc2)N1. The molecule has 2 heterocycles. The first-order valence-electron chi connectivity index (χ1n) is 11.6. The standard InChI is InChI=1S/C26H32N6O2/c1-5-19-15-23(33)30-24(27-19)32-22(16-21(31-32)17-9-7-6-8-10-17)29-25(34)28-20-13-11-18(12-14-20)26(2,3)4/h6-14,16,19,24,27H,5,15H2,1-4H3,(H,30,33)(H2,28,29,34). The van der Waals surface area contributed by atoms with Gasteiger partial charge < -0.3 is 10.6 Å². The van der Waals surface area contributed by atoms with Gasteiger partial charge in [0, 0.05) is 29.8 Å². The lowest BCUT2D eigenvalue weighted by Crippen LogP contribution is -2.53. The molecule has 2 unspecified atom stereocenters. The van der Waals surface area contributed by atoms with Crippen LogP contribution in [0.1, 0.15) is 52.4 Å². The molecule has 0 saturated carbocycles. The number of aromatic nitrogens is 2. The highest BCUT2D eigenvalue weighted by Crippen LogP contribution is 2.26. The molecule has 1 aromatic heterocycles. The Morgan fingerprint density at radius 3 is 2.44 bits per heavy atom. The van der Waals surface area contributed by atoms with E-state index in [1.807, 2.05) is 61.5 Å². The van der Waals surface area contributed by atoms with Gasteiger partial charge in [0.2, 0.25) is 5.91 Å². The fourth-order valence-electron chi connectivity index (χ4n) is 3.92. The maximum absolute atomic E-state index is 12.9. The van der Waals surface area contributed by atoms with Crippen molar-refractivity contribution in [2.45, 2.75) is 58.3 Å². The summed E-state index contributed by atoms with van der Waals surface area (Å²) in [6.07, 6.45) is 0.656. The van der Waals surface area contributed by atoms with Crippen LogP contribution in [0.25, 0.3) is 11.3 Å². The van der Waals surface area contributed by atoms with Crippen LogP contribution < -0.4 is 21.3 Å². The number of anilines is 2. The Kier molecular flexibility index (Phi) is 6.70. The van der Waals surface area contributed by atoms with Crippen LogP contribution in [0.5, 0.6) is 0 Å². The van der Waals surface area contributed by atoms with E-state index < -0.39 is 12.3 Å². The van der Waals surface area contributed by atoms with Crippen LogP contribution in [0, 0.1) is 0 Å². The zero-order valence-electron chi connectivity index (χ0n) is 20.1. The Morgan fingerprint density at radius 1 is 1.09 bits per heavy atom.